The van der Waals surface area contributed by atoms with Gasteiger partial charge in [0.05, 0.1) is 10.5 Å². The van der Waals surface area contributed by atoms with Gasteiger partial charge in [-0.3, -0.25) is 4.79 Å². The number of nitrogens with one attached hydrogen (secondary N) is 1. The summed E-state index contributed by atoms with van der Waals surface area (Å²) >= 11 is 3.12. The summed E-state index contributed by atoms with van der Waals surface area (Å²) in [7, 11) is -3.96. The largest absolute Gasteiger partial charge is 0.452 e. The minimum atomic E-state index is -3.96. The van der Waals surface area contributed by atoms with E-state index < -0.39 is 28.5 Å². The summed E-state index contributed by atoms with van der Waals surface area (Å²) in [6.07, 6.45) is 0. The van der Waals surface area contributed by atoms with Gasteiger partial charge in [-0.25, -0.2) is 18.4 Å². The molecule has 0 spiro atoms. The van der Waals surface area contributed by atoms with Gasteiger partial charge in [-0.15, -0.1) is 0 Å². The molecule has 0 saturated heterocycles. The van der Waals surface area contributed by atoms with Gasteiger partial charge in [-0.1, -0.05) is 18.2 Å². The lowest BCUT2D eigenvalue weighted by Gasteiger charge is -2.08. The Morgan fingerprint density at radius 2 is 1.79 bits per heavy atom. The molecule has 0 unspecified atom stereocenters. The zero-order chi connectivity index (χ0) is 17.7. The molecule has 0 heterocycles. The normalized spacial score (nSPS) is 10.9. The van der Waals surface area contributed by atoms with Gasteiger partial charge in [-0.2, -0.15) is 0 Å². The fraction of sp³-hybridized carbons (Fsp3) is 0.0667. The predicted octanol–water partition coefficient (Wildman–Crippen LogP) is 1.89. The highest BCUT2D eigenvalue weighted by atomic mass is 79.9. The van der Waals surface area contributed by atoms with Gasteiger partial charge in [0.15, 0.2) is 6.61 Å². The molecular weight excluding hydrogens is 400 g/mol. The number of ether oxygens (including phenoxy) is 1. The lowest BCUT2D eigenvalue weighted by Crippen LogP contribution is -2.21. The topological polar surface area (TPSA) is 116 Å². The van der Waals surface area contributed by atoms with Gasteiger partial charge in [0.1, 0.15) is 0 Å². The Hall–Kier alpha value is -2.23. The van der Waals surface area contributed by atoms with Gasteiger partial charge in [-0.05, 0) is 46.3 Å². The molecule has 2 rings (SSSR count). The molecular formula is C15H13BrN2O5S. The van der Waals surface area contributed by atoms with Crippen LogP contribution in [0.25, 0.3) is 0 Å². The van der Waals surface area contributed by atoms with Crippen molar-refractivity contribution in [2.24, 2.45) is 5.14 Å². The minimum Gasteiger partial charge on any atom is -0.452 e. The molecule has 0 atom stereocenters. The van der Waals surface area contributed by atoms with Crippen molar-refractivity contribution in [3.63, 3.8) is 0 Å². The van der Waals surface area contributed by atoms with E-state index in [4.69, 9.17) is 9.88 Å². The first-order chi connectivity index (χ1) is 11.3. The van der Waals surface area contributed by atoms with Gasteiger partial charge >= 0.3 is 5.97 Å². The third-order valence-corrected chi connectivity index (χ3v) is 4.48. The van der Waals surface area contributed by atoms with Crippen LogP contribution in [0.15, 0.2) is 57.9 Å². The molecule has 0 fully saturated rings. The Bertz CT molecular complexity index is 869. The Morgan fingerprint density at radius 1 is 1.12 bits per heavy atom. The summed E-state index contributed by atoms with van der Waals surface area (Å²) < 4.78 is 27.9. The Kier molecular flexibility index (Phi) is 5.71. The van der Waals surface area contributed by atoms with E-state index in [2.05, 4.69) is 21.2 Å². The Labute approximate surface area is 147 Å². The summed E-state index contributed by atoms with van der Waals surface area (Å²) in [5, 5.41) is 7.58. The number of benzene rings is 2. The van der Waals surface area contributed by atoms with Crippen LogP contribution in [0.3, 0.4) is 0 Å². The number of sulfonamides is 1. The van der Waals surface area contributed by atoms with Gasteiger partial charge < -0.3 is 10.1 Å². The second kappa shape index (κ2) is 7.56. The summed E-state index contributed by atoms with van der Waals surface area (Å²) in [6, 6.07) is 12.4. The number of nitrogens with two attached hydrogens (primary N) is 1. The molecule has 2 aromatic rings. The molecule has 7 nitrogen and oxygen atoms in total. The van der Waals surface area contributed by atoms with E-state index in [0.29, 0.717) is 10.2 Å². The molecule has 0 bridgehead atoms. The predicted molar refractivity (Wildman–Crippen MR) is 90.9 cm³/mol. The highest BCUT2D eigenvalue weighted by molar-refractivity contribution is 9.10. The van der Waals surface area contributed by atoms with Crippen LogP contribution in [0.2, 0.25) is 0 Å². The quantitative estimate of drug-likeness (QED) is 0.727. The highest BCUT2D eigenvalue weighted by Gasteiger charge is 2.17. The molecule has 24 heavy (non-hydrogen) atoms. The van der Waals surface area contributed by atoms with Crippen molar-refractivity contribution < 1.29 is 22.7 Å². The zero-order valence-electron chi connectivity index (χ0n) is 12.2. The van der Waals surface area contributed by atoms with Crippen LogP contribution in [-0.2, 0) is 19.6 Å². The molecule has 0 radical (unpaired) electrons. The maximum Gasteiger partial charge on any atom is 0.339 e. The first-order valence-corrected chi connectivity index (χ1v) is 8.95. The SMILES string of the molecule is NS(=O)(=O)c1ccc(Br)c(C(=O)OCC(=O)Nc2ccccc2)c1. The molecule has 0 saturated carbocycles. The molecule has 3 N–H and O–H groups in total. The van der Waals surface area contributed by atoms with Crippen molar-refractivity contribution in [2.75, 3.05) is 11.9 Å². The fourth-order valence-corrected chi connectivity index (χ4v) is 2.71. The number of hydrogen-bond donors (Lipinski definition) is 2. The van der Waals surface area contributed by atoms with Crippen molar-refractivity contribution >= 4 is 43.5 Å². The van der Waals surface area contributed by atoms with Crippen LogP contribution in [0.1, 0.15) is 10.4 Å². The van der Waals surface area contributed by atoms with Crippen molar-refractivity contribution in [3.8, 4) is 0 Å². The lowest BCUT2D eigenvalue weighted by molar-refractivity contribution is -0.119. The number of para-hydroxylation sites is 1. The average molecular weight is 413 g/mol. The number of anilines is 1. The maximum atomic E-state index is 12.0. The van der Waals surface area contributed by atoms with E-state index in [0.717, 1.165) is 6.07 Å². The van der Waals surface area contributed by atoms with E-state index in [1.807, 2.05) is 0 Å². The second-order valence-corrected chi connectivity index (χ2v) is 7.09. The molecule has 9 heteroatoms. The molecule has 0 aliphatic rings. The van der Waals surface area contributed by atoms with E-state index >= 15 is 0 Å². The maximum absolute atomic E-state index is 12.0. The van der Waals surface area contributed by atoms with E-state index in [1.165, 1.54) is 12.1 Å². The smallest absolute Gasteiger partial charge is 0.339 e. The summed E-state index contributed by atoms with van der Waals surface area (Å²) in [5.41, 5.74) is 0.519. The number of carbonyl (C=O) groups is 2. The number of esters is 1. The monoisotopic (exact) mass is 412 g/mol. The van der Waals surface area contributed by atoms with Gasteiger partial charge in [0, 0.05) is 10.2 Å². The van der Waals surface area contributed by atoms with Crippen LogP contribution in [0, 0.1) is 0 Å². The van der Waals surface area contributed by atoms with Gasteiger partial charge in [0.25, 0.3) is 5.91 Å². The molecule has 126 valence electrons. The first kappa shape index (κ1) is 18.1. The van der Waals surface area contributed by atoms with Crippen LogP contribution in [0.5, 0.6) is 0 Å². The molecule has 2 aromatic carbocycles. The second-order valence-electron chi connectivity index (χ2n) is 4.68. The number of amides is 1. The van der Waals surface area contributed by atoms with Crippen molar-refractivity contribution in [3.05, 3.63) is 58.6 Å². The van der Waals surface area contributed by atoms with Crippen molar-refractivity contribution in [1.29, 1.82) is 0 Å². The molecule has 0 aliphatic carbocycles. The molecule has 0 aromatic heterocycles. The number of rotatable bonds is 5. The van der Waals surface area contributed by atoms with E-state index in [-0.39, 0.29) is 10.5 Å². The summed E-state index contributed by atoms with van der Waals surface area (Å²) in [5.74, 6) is -1.37. The third kappa shape index (κ3) is 4.88. The highest BCUT2D eigenvalue weighted by Crippen LogP contribution is 2.21. The van der Waals surface area contributed by atoms with E-state index in [1.54, 1.807) is 30.3 Å². The fourth-order valence-electron chi connectivity index (χ4n) is 1.77. The van der Waals surface area contributed by atoms with Crippen LogP contribution < -0.4 is 10.5 Å². The molecule has 0 aliphatic heterocycles. The minimum absolute atomic E-state index is 0.0472. The van der Waals surface area contributed by atoms with Crippen molar-refractivity contribution in [1.82, 2.24) is 0 Å². The zero-order valence-corrected chi connectivity index (χ0v) is 14.6. The van der Waals surface area contributed by atoms with Gasteiger partial charge in [0.2, 0.25) is 10.0 Å². The third-order valence-electron chi connectivity index (χ3n) is 2.88. The number of carbonyl (C=O) groups excluding carboxylic acids is 2. The molecule has 1 amide bonds. The lowest BCUT2D eigenvalue weighted by atomic mass is 10.2. The number of primary sulfonamides is 1. The Morgan fingerprint density at radius 3 is 2.42 bits per heavy atom. The van der Waals surface area contributed by atoms with E-state index in [9.17, 15) is 18.0 Å². The van der Waals surface area contributed by atoms with Crippen molar-refractivity contribution in [2.45, 2.75) is 4.90 Å². The van der Waals surface area contributed by atoms with Crippen LogP contribution in [0.4, 0.5) is 5.69 Å². The standard InChI is InChI=1S/C15H13BrN2O5S/c16-13-7-6-11(24(17,21)22)8-12(13)15(20)23-9-14(19)18-10-4-2-1-3-5-10/h1-8H,9H2,(H,18,19)(H2,17,21,22). The van der Waals surface area contributed by atoms with Crippen LogP contribution in [-0.4, -0.2) is 26.9 Å². The first-order valence-electron chi connectivity index (χ1n) is 6.62. The Balaban J connectivity index is 2.03. The number of halogens is 1. The summed E-state index contributed by atoms with van der Waals surface area (Å²) in [4.78, 5) is 23.5. The summed E-state index contributed by atoms with van der Waals surface area (Å²) in [6.45, 7) is -0.514. The van der Waals surface area contributed by atoms with Crippen LogP contribution >= 0.6 is 15.9 Å². The average Bonchev–Trinajstić information content (AvgIpc) is 2.53. The number of hydrogen-bond acceptors (Lipinski definition) is 5.